The van der Waals surface area contributed by atoms with Gasteiger partial charge in [-0.25, -0.2) is 14.7 Å². The largest absolute Gasteiger partial charge is 0.343 e. The maximum Gasteiger partial charge on any atom is 0.337 e. The molecule has 0 radical (unpaired) electrons. The van der Waals surface area contributed by atoms with E-state index in [9.17, 15) is 9.18 Å². The molecule has 0 amide bonds. The minimum Gasteiger partial charge on any atom is -0.343 e. The van der Waals surface area contributed by atoms with Crippen LogP contribution in [0.5, 0.6) is 0 Å². The van der Waals surface area contributed by atoms with Crippen molar-refractivity contribution >= 4 is 23.3 Å². The second kappa shape index (κ2) is 4.70. The van der Waals surface area contributed by atoms with Gasteiger partial charge >= 0.3 is 5.97 Å². The van der Waals surface area contributed by atoms with Gasteiger partial charge in [-0.15, -0.1) is 0 Å². The summed E-state index contributed by atoms with van der Waals surface area (Å²) < 4.78 is 13.4. The number of halogens is 2. The molecule has 1 aromatic rings. The second-order valence-corrected chi connectivity index (χ2v) is 4.75. The van der Waals surface area contributed by atoms with E-state index in [4.69, 9.17) is 16.4 Å². The standard InChI is InChI=1S/C11H13ClFNO2/c1-11(2,3)10(15)16-14-8-6-4-5-7(12)9(8)13/h4-6,14H,1-3H3. The summed E-state index contributed by atoms with van der Waals surface area (Å²) >= 11 is 5.56. The lowest BCUT2D eigenvalue weighted by molar-refractivity contribution is -0.149. The van der Waals surface area contributed by atoms with E-state index in [2.05, 4.69) is 5.48 Å². The molecule has 0 spiro atoms. The fourth-order valence-electron chi connectivity index (χ4n) is 0.837. The summed E-state index contributed by atoms with van der Waals surface area (Å²) in [6.45, 7) is 5.10. The topological polar surface area (TPSA) is 38.3 Å². The van der Waals surface area contributed by atoms with Crippen LogP contribution in [0.3, 0.4) is 0 Å². The van der Waals surface area contributed by atoms with E-state index in [1.54, 1.807) is 26.8 Å². The zero-order chi connectivity index (χ0) is 12.3. The number of carbonyl (C=O) groups is 1. The molecule has 0 aliphatic heterocycles. The van der Waals surface area contributed by atoms with Gasteiger partial charge in [0, 0.05) is 0 Å². The molecule has 0 bridgehead atoms. The summed E-state index contributed by atoms with van der Waals surface area (Å²) in [7, 11) is 0. The minimum atomic E-state index is -0.651. The van der Waals surface area contributed by atoms with Crippen LogP contribution in [0.15, 0.2) is 18.2 Å². The van der Waals surface area contributed by atoms with E-state index >= 15 is 0 Å². The molecule has 0 fully saturated rings. The first-order valence-electron chi connectivity index (χ1n) is 4.73. The average Bonchev–Trinajstić information content (AvgIpc) is 2.18. The number of nitrogens with one attached hydrogen (secondary N) is 1. The zero-order valence-electron chi connectivity index (χ0n) is 9.30. The Labute approximate surface area is 98.5 Å². The molecule has 0 aliphatic carbocycles. The Morgan fingerprint density at radius 3 is 2.62 bits per heavy atom. The fraction of sp³-hybridized carbons (Fsp3) is 0.364. The highest BCUT2D eigenvalue weighted by molar-refractivity contribution is 6.31. The van der Waals surface area contributed by atoms with Gasteiger partial charge in [0.2, 0.25) is 0 Å². The monoisotopic (exact) mass is 245 g/mol. The van der Waals surface area contributed by atoms with Gasteiger partial charge in [-0.2, -0.15) is 0 Å². The Morgan fingerprint density at radius 2 is 2.06 bits per heavy atom. The van der Waals surface area contributed by atoms with E-state index in [1.807, 2.05) is 0 Å². The Morgan fingerprint density at radius 1 is 1.44 bits per heavy atom. The van der Waals surface area contributed by atoms with E-state index in [1.165, 1.54) is 12.1 Å². The lowest BCUT2D eigenvalue weighted by Crippen LogP contribution is -2.25. The van der Waals surface area contributed by atoms with Crippen molar-refractivity contribution in [3.05, 3.63) is 29.0 Å². The molecular weight excluding hydrogens is 233 g/mol. The number of hydrogen-bond donors (Lipinski definition) is 1. The third kappa shape index (κ3) is 3.10. The van der Waals surface area contributed by atoms with Crippen molar-refractivity contribution in [2.75, 3.05) is 5.48 Å². The summed E-state index contributed by atoms with van der Waals surface area (Å²) in [5.41, 5.74) is 1.63. The molecule has 0 unspecified atom stereocenters. The first-order chi connectivity index (χ1) is 7.32. The van der Waals surface area contributed by atoms with Crippen LogP contribution in [0, 0.1) is 11.2 Å². The summed E-state index contributed by atoms with van der Waals surface area (Å²) in [6, 6.07) is 4.39. The quantitative estimate of drug-likeness (QED) is 0.812. The van der Waals surface area contributed by atoms with Crippen LogP contribution < -0.4 is 5.48 Å². The van der Waals surface area contributed by atoms with Gasteiger partial charge in [-0.05, 0) is 32.9 Å². The number of anilines is 1. The Bertz CT molecular complexity index is 401. The number of hydrogen-bond acceptors (Lipinski definition) is 3. The average molecular weight is 246 g/mol. The van der Waals surface area contributed by atoms with Crippen molar-refractivity contribution in [3.63, 3.8) is 0 Å². The molecule has 5 heteroatoms. The molecule has 3 nitrogen and oxygen atoms in total. The van der Waals surface area contributed by atoms with E-state index in [0.29, 0.717) is 0 Å². The first kappa shape index (κ1) is 12.8. The fourth-order valence-corrected chi connectivity index (χ4v) is 1.01. The molecule has 0 heterocycles. The molecule has 16 heavy (non-hydrogen) atoms. The lowest BCUT2D eigenvalue weighted by Gasteiger charge is -2.16. The normalized spacial score (nSPS) is 11.1. The van der Waals surface area contributed by atoms with Gasteiger partial charge in [0.25, 0.3) is 0 Å². The molecule has 0 aromatic heterocycles. The second-order valence-electron chi connectivity index (χ2n) is 4.34. The van der Waals surface area contributed by atoms with Crippen LogP contribution in [0.1, 0.15) is 20.8 Å². The van der Waals surface area contributed by atoms with Crippen LogP contribution in [-0.2, 0) is 9.63 Å². The number of rotatable bonds is 2. The lowest BCUT2D eigenvalue weighted by atomic mass is 9.98. The van der Waals surface area contributed by atoms with Gasteiger partial charge in [-0.3, -0.25) is 0 Å². The van der Waals surface area contributed by atoms with Gasteiger partial charge in [-0.1, -0.05) is 17.7 Å². The van der Waals surface area contributed by atoms with Crippen LogP contribution in [0.2, 0.25) is 5.02 Å². The van der Waals surface area contributed by atoms with Crippen molar-refractivity contribution < 1.29 is 14.0 Å². The van der Waals surface area contributed by atoms with Crippen LogP contribution in [-0.4, -0.2) is 5.97 Å². The van der Waals surface area contributed by atoms with Crippen molar-refractivity contribution in [2.24, 2.45) is 5.41 Å². The summed E-state index contributed by atoms with van der Waals surface area (Å²) in [5, 5.41) is -0.0307. The van der Waals surface area contributed by atoms with E-state index in [-0.39, 0.29) is 10.7 Å². The van der Waals surface area contributed by atoms with Crippen molar-refractivity contribution in [2.45, 2.75) is 20.8 Å². The zero-order valence-corrected chi connectivity index (χ0v) is 10.1. The van der Waals surface area contributed by atoms with Gasteiger partial charge in [0.05, 0.1) is 10.4 Å². The summed E-state index contributed by atoms with van der Waals surface area (Å²) in [5.74, 6) is -1.13. The third-order valence-electron chi connectivity index (χ3n) is 1.82. The van der Waals surface area contributed by atoms with Gasteiger partial charge < -0.3 is 4.84 Å². The SMILES string of the molecule is CC(C)(C)C(=O)ONc1cccc(Cl)c1F. The van der Waals surface area contributed by atoms with E-state index < -0.39 is 17.2 Å². The van der Waals surface area contributed by atoms with E-state index in [0.717, 1.165) is 0 Å². The van der Waals surface area contributed by atoms with Gasteiger partial charge in [0.1, 0.15) is 5.69 Å². The first-order valence-corrected chi connectivity index (χ1v) is 5.11. The third-order valence-corrected chi connectivity index (χ3v) is 2.11. The van der Waals surface area contributed by atoms with Crippen LogP contribution in [0.4, 0.5) is 10.1 Å². The molecule has 1 rings (SSSR count). The maximum absolute atomic E-state index is 13.4. The molecule has 0 atom stereocenters. The predicted octanol–water partition coefficient (Wildman–Crippen LogP) is 3.40. The molecule has 1 aromatic carbocycles. The Kier molecular flexibility index (Phi) is 3.75. The molecule has 0 saturated carbocycles. The number of carbonyl (C=O) groups excluding carboxylic acids is 1. The molecule has 0 saturated heterocycles. The highest BCUT2D eigenvalue weighted by Gasteiger charge is 2.24. The summed E-state index contributed by atoms with van der Waals surface area (Å²) in [4.78, 5) is 16.1. The highest BCUT2D eigenvalue weighted by atomic mass is 35.5. The minimum absolute atomic E-state index is 0.0307. The molecular formula is C11H13ClFNO2. The Hall–Kier alpha value is -1.29. The van der Waals surface area contributed by atoms with Gasteiger partial charge in [0.15, 0.2) is 5.82 Å². The maximum atomic E-state index is 13.4. The highest BCUT2D eigenvalue weighted by Crippen LogP contribution is 2.23. The summed E-state index contributed by atoms with van der Waals surface area (Å²) in [6.07, 6.45) is 0. The molecule has 88 valence electrons. The van der Waals surface area contributed by atoms with Crippen molar-refractivity contribution in [1.82, 2.24) is 0 Å². The number of benzene rings is 1. The van der Waals surface area contributed by atoms with Crippen molar-refractivity contribution in [1.29, 1.82) is 0 Å². The van der Waals surface area contributed by atoms with Crippen LogP contribution in [0.25, 0.3) is 0 Å². The Balaban J connectivity index is 2.69. The molecule has 0 aliphatic rings. The van der Waals surface area contributed by atoms with Crippen molar-refractivity contribution in [3.8, 4) is 0 Å². The smallest absolute Gasteiger partial charge is 0.337 e. The molecule has 1 N–H and O–H groups in total. The van der Waals surface area contributed by atoms with Crippen LogP contribution >= 0.6 is 11.6 Å². The predicted molar refractivity (Wildman–Crippen MR) is 60.6 cm³/mol.